The molecule has 0 N–H and O–H groups in total. The second-order valence-corrected chi connectivity index (χ2v) is 9.27. The smallest absolute Gasteiger partial charge is 0.254 e. The van der Waals surface area contributed by atoms with Crippen molar-refractivity contribution in [1.82, 2.24) is 4.90 Å². The van der Waals surface area contributed by atoms with Crippen molar-refractivity contribution in [3.05, 3.63) is 65.7 Å². The van der Waals surface area contributed by atoms with E-state index in [1.165, 1.54) is 5.56 Å². The Kier molecular flexibility index (Phi) is 5.85. The number of amides is 1. The Morgan fingerprint density at radius 3 is 2.48 bits per heavy atom. The van der Waals surface area contributed by atoms with Crippen LogP contribution in [-0.2, 0) is 16.4 Å². The van der Waals surface area contributed by atoms with E-state index in [1.54, 1.807) is 11.0 Å². The van der Waals surface area contributed by atoms with Crippen molar-refractivity contribution in [3.63, 3.8) is 0 Å². The number of benzene rings is 2. The number of hydrogen-bond donors (Lipinski definition) is 0. The van der Waals surface area contributed by atoms with Gasteiger partial charge in [0.15, 0.2) is 9.84 Å². The normalized spacial score (nSPS) is 18.2. The van der Waals surface area contributed by atoms with Crippen LogP contribution in [0.5, 0.6) is 0 Å². The summed E-state index contributed by atoms with van der Waals surface area (Å²) in [5.41, 5.74) is 2.75. The fraction of sp³-hybridized carbons (Fsp3) is 0.381. The Morgan fingerprint density at radius 2 is 1.85 bits per heavy atom. The number of hydrogen-bond acceptors (Lipinski definition) is 4. The number of sulfone groups is 1. The van der Waals surface area contributed by atoms with Gasteiger partial charge in [0, 0.05) is 37.4 Å². The predicted octanol–water partition coefficient (Wildman–Crippen LogP) is 2.97. The molecular weight excluding hydrogens is 360 g/mol. The maximum atomic E-state index is 13.0. The first kappa shape index (κ1) is 19.4. The van der Waals surface area contributed by atoms with E-state index >= 15 is 0 Å². The number of carbonyl (C=O) groups excluding carboxylic acids is 1. The van der Waals surface area contributed by atoms with Crippen LogP contribution in [0.3, 0.4) is 0 Å². The van der Waals surface area contributed by atoms with Gasteiger partial charge >= 0.3 is 0 Å². The molecule has 1 aliphatic rings. The predicted molar refractivity (Wildman–Crippen MR) is 109 cm³/mol. The van der Waals surface area contributed by atoms with Crippen molar-refractivity contribution in [3.8, 4) is 0 Å². The van der Waals surface area contributed by atoms with E-state index < -0.39 is 9.84 Å². The van der Waals surface area contributed by atoms with Crippen LogP contribution in [0.15, 0.2) is 54.6 Å². The van der Waals surface area contributed by atoms with Crippen LogP contribution < -0.4 is 4.90 Å². The number of nitrogens with zero attached hydrogens (tertiary/aromatic N) is 2. The highest BCUT2D eigenvalue weighted by Crippen LogP contribution is 2.22. The van der Waals surface area contributed by atoms with E-state index in [0.717, 1.165) is 12.2 Å². The van der Waals surface area contributed by atoms with Gasteiger partial charge in [0.1, 0.15) is 0 Å². The van der Waals surface area contributed by atoms with E-state index in [1.807, 2.05) is 50.4 Å². The van der Waals surface area contributed by atoms with E-state index in [4.69, 9.17) is 0 Å². The summed E-state index contributed by atoms with van der Waals surface area (Å²) >= 11 is 0. The third-order valence-electron chi connectivity index (χ3n) is 5.05. The van der Waals surface area contributed by atoms with Gasteiger partial charge in [-0.25, -0.2) is 8.42 Å². The standard InChI is InChI=1S/C21H26N2O3S/c1-3-23(20-12-13-27(25,26)16-20)21(24)18-10-7-11-19(14-18)22(2)15-17-8-5-4-6-9-17/h4-11,14,20H,3,12-13,15-16H2,1-2H3. The molecule has 144 valence electrons. The molecule has 1 fully saturated rings. The van der Waals surface area contributed by atoms with Crippen molar-refractivity contribution < 1.29 is 13.2 Å². The summed E-state index contributed by atoms with van der Waals surface area (Å²) in [6.07, 6.45) is 0.523. The molecule has 0 spiro atoms. The van der Waals surface area contributed by atoms with Gasteiger partial charge in [-0.2, -0.15) is 0 Å². The molecule has 2 aromatic rings. The molecule has 1 unspecified atom stereocenters. The Hall–Kier alpha value is -2.34. The Morgan fingerprint density at radius 1 is 1.11 bits per heavy atom. The number of carbonyl (C=O) groups is 1. The molecule has 0 radical (unpaired) electrons. The van der Waals surface area contributed by atoms with Gasteiger partial charge in [-0.15, -0.1) is 0 Å². The van der Waals surface area contributed by atoms with Gasteiger partial charge in [0.25, 0.3) is 5.91 Å². The molecule has 1 saturated heterocycles. The molecule has 1 atom stereocenters. The van der Waals surface area contributed by atoms with Crippen molar-refractivity contribution in [2.75, 3.05) is 30.0 Å². The molecule has 0 aliphatic carbocycles. The number of rotatable bonds is 6. The summed E-state index contributed by atoms with van der Waals surface area (Å²) < 4.78 is 23.6. The third kappa shape index (κ3) is 4.69. The monoisotopic (exact) mass is 386 g/mol. The minimum atomic E-state index is -3.02. The van der Waals surface area contributed by atoms with Gasteiger partial charge < -0.3 is 9.80 Å². The van der Waals surface area contributed by atoms with Crippen LogP contribution in [-0.4, -0.2) is 50.4 Å². The first-order chi connectivity index (χ1) is 12.9. The summed E-state index contributed by atoms with van der Waals surface area (Å²) in [7, 11) is -1.03. The molecule has 27 heavy (non-hydrogen) atoms. The molecule has 0 aromatic heterocycles. The molecule has 2 aromatic carbocycles. The van der Waals surface area contributed by atoms with E-state index in [2.05, 4.69) is 17.0 Å². The van der Waals surface area contributed by atoms with Crippen molar-refractivity contribution >= 4 is 21.4 Å². The van der Waals surface area contributed by atoms with Gasteiger partial charge in [0.2, 0.25) is 0 Å². The third-order valence-corrected chi connectivity index (χ3v) is 6.80. The average molecular weight is 387 g/mol. The highest BCUT2D eigenvalue weighted by atomic mass is 32.2. The fourth-order valence-electron chi connectivity index (χ4n) is 3.58. The molecule has 5 nitrogen and oxygen atoms in total. The largest absolute Gasteiger partial charge is 0.370 e. The van der Waals surface area contributed by atoms with Crippen LogP contribution in [0.2, 0.25) is 0 Å². The molecule has 1 heterocycles. The SMILES string of the molecule is CCN(C(=O)c1cccc(N(C)Cc2ccccc2)c1)C1CCS(=O)(=O)C1. The van der Waals surface area contributed by atoms with Crippen LogP contribution in [0.4, 0.5) is 5.69 Å². The lowest BCUT2D eigenvalue weighted by Crippen LogP contribution is -2.41. The van der Waals surface area contributed by atoms with Crippen molar-refractivity contribution in [1.29, 1.82) is 0 Å². The van der Waals surface area contributed by atoms with E-state index in [0.29, 0.717) is 18.5 Å². The Labute approximate surface area is 161 Å². The molecule has 1 aliphatic heterocycles. The minimum absolute atomic E-state index is 0.0696. The second kappa shape index (κ2) is 8.13. The lowest BCUT2D eigenvalue weighted by atomic mass is 10.1. The second-order valence-electron chi connectivity index (χ2n) is 7.04. The number of anilines is 1. The zero-order valence-electron chi connectivity index (χ0n) is 15.8. The first-order valence-electron chi connectivity index (χ1n) is 9.26. The summed E-state index contributed by atoms with van der Waals surface area (Å²) in [5.74, 6) is 0.135. The lowest BCUT2D eigenvalue weighted by molar-refractivity contribution is 0.0708. The lowest BCUT2D eigenvalue weighted by Gasteiger charge is -2.27. The molecule has 0 bridgehead atoms. The zero-order chi connectivity index (χ0) is 19.4. The molecule has 6 heteroatoms. The molecule has 1 amide bonds. The van der Waals surface area contributed by atoms with Gasteiger partial charge in [-0.1, -0.05) is 36.4 Å². The Balaban J connectivity index is 1.76. The Bertz CT molecular complexity index is 897. The van der Waals surface area contributed by atoms with E-state index in [9.17, 15) is 13.2 Å². The van der Waals surface area contributed by atoms with Gasteiger partial charge in [-0.05, 0) is 37.1 Å². The van der Waals surface area contributed by atoms with Crippen LogP contribution in [0.25, 0.3) is 0 Å². The van der Waals surface area contributed by atoms with Crippen molar-refractivity contribution in [2.24, 2.45) is 0 Å². The van der Waals surface area contributed by atoms with Gasteiger partial charge in [-0.3, -0.25) is 4.79 Å². The highest BCUT2D eigenvalue weighted by molar-refractivity contribution is 7.91. The minimum Gasteiger partial charge on any atom is -0.370 e. The topological polar surface area (TPSA) is 57.7 Å². The highest BCUT2D eigenvalue weighted by Gasteiger charge is 2.34. The fourth-order valence-corrected chi connectivity index (χ4v) is 5.31. The summed E-state index contributed by atoms with van der Waals surface area (Å²) in [5, 5.41) is 0. The summed E-state index contributed by atoms with van der Waals surface area (Å²) in [6.45, 7) is 3.15. The quantitative estimate of drug-likeness (QED) is 0.766. The molecular formula is C21H26N2O3S. The molecule has 3 rings (SSSR count). The van der Waals surface area contributed by atoms with Gasteiger partial charge in [0.05, 0.1) is 11.5 Å². The average Bonchev–Trinajstić information content (AvgIpc) is 3.02. The maximum Gasteiger partial charge on any atom is 0.254 e. The van der Waals surface area contributed by atoms with Crippen LogP contribution in [0, 0.1) is 0 Å². The first-order valence-corrected chi connectivity index (χ1v) is 11.1. The van der Waals surface area contributed by atoms with Crippen LogP contribution in [0.1, 0.15) is 29.3 Å². The summed E-state index contributed by atoms with van der Waals surface area (Å²) in [6, 6.07) is 17.5. The molecule has 0 saturated carbocycles. The van der Waals surface area contributed by atoms with E-state index in [-0.39, 0.29) is 23.5 Å². The van der Waals surface area contributed by atoms with Crippen LogP contribution >= 0.6 is 0 Å². The maximum absolute atomic E-state index is 13.0. The van der Waals surface area contributed by atoms with Crippen molar-refractivity contribution in [2.45, 2.75) is 25.9 Å². The summed E-state index contributed by atoms with van der Waals surface area (Å²) in [4.78, 5) is 16.8. The zero-order valence-corrected chi connectivity index (χ0v) is 16.7.